The van der Waals surface area contributed by atoms with Crippen molar-refractivity contribution in [2.24, 2.45) is 0 Å². The summed E-state index contributed by atoms with van der Waals surface area (Å²) in [6.45, 7) is 5.55. The van der Waals surface area contributed by atoms with E-state index in [1.165, 1.54) is 17.6 Å². The lowest BCUT2D eigenvalue weighted by Gasteiger charge is -2.18. The molecule has 0 saturated carbocycles. The van der Waals surface area contributed by atoms with Crippen molar-refractivity contribution in [3.63, 3.8) is 0 Å². The topological polar surface area (TPSA) is 62.2 Å². The molecule has 0 unspecified atom stereocenters. The van der Waals surface area contributed by atoms with Gasteiger partial charge in [-0.05, 0) is 39.0 Å². The molecular formula is C15H18N2O2S. The maximum atomic E-state index is 12.1. The second-order valence-corrected chi connectivity index (χ2v) is 6.53. The zero-order valence-electron chi connectivity index (χ0n) is 12.0. The van der Waals surface area contributed by atoms with E-state index in [1.54, 1.807) is 0 Å². The van der Waals surface area contributed by atoms with Gasteiger partial charge < -0.3 is 15.5 Å². The van der Waals surface area contributed by atoms with Crippen LogP contribution in [-0.2, 0) is 4.74 Å². The maximum absolute atomic E-state index is 12.1. The number of carbonyl (C=O) groups excluding carboxylic acids is 1. The van der Waals surface area contributed by atoms with E-state index in [1.807, 2.05) is 46.0 Å². The van der Waals surface area contributed by atoms with Gasteiger partial charge in [0.2, 0.25) is 0 Å². The number of thiophene rings is 1. The number of rotatable bonds is 3. The fraction of sp³-hybridized carbons (Fsp3) is 0.333. The predicted molar refractivity (Wildman–Crippen MR) is 84.4 cm³/mol. The number of fused-ring (bicyclic) bond motifs is 1. The van der Waals surface area contributed by atoms with Gasteiger partial charge >= 0.3 is 5.97 Å². The Morgan fingerprint density at radius 1 is 1.40 bits per heavy atom. The van der Waals surface area contributed by atoms with Crippen LogP contribution in [-0.4, -0.2) is 24.8 Å². The lowest BCUT2D eigenvalue weighted by molar-refractivity contribution is 0.00753. The minimum absolute atomic E-state index is 0.308. The molecule has 2 N–H and O–H groups in total. The molecule has 0 amide bonds. The van der Waals surface area contributed by atoms with Crippen molar-refractivity contribution >= 4 is 39.3 Å². The van der Waals surface area contributed by atoms with Crippen LogP contribution < -0.4 is 5.32 Å². The minimum Gasteiger partial charge on any atom is -0.456 e. The smallest absolute Gasteiger partial charge is 0.348 e. The zero-order valence-corrected chi connectivity index (χ0v) is 12.9. The van der Waals surface area contributed by atoms with Gasteiger partial charge in [0, 0.05) is 28.9 Å². The molecule has 20 heavy (non-hydrogen) atoms. The first-order chi connectivity index (χ1) is 9.35. The molecule has 0 fully saturated rings. The monoisotopic (exact) mass is 290 g/mol. The molecule has 106 valence electrons. The van der Waals surface area contributed by atoms with E-state index in [4.69, 9.17) is 10.1 Å². The Labute approximate surface area is 122 Å². The van der Waals surface area contributed by atoms with E-state index in [-0.39, 0.29) is 5.97 Å². The summed E-state index contributed by atoms with van der Waals surface area (Å²) < 4.78 is 6.39. The molecule has 0 aliphatic carbocycles. The van der Waals surface area contributed by atoms with Gasteiger partial charge in [0.15, 0.2) is 0 Å². The maximum Gasteiger partial charge on any atom is 0.348 e. The summed E-state index contributed by atoms with van der Waals surface area (Å²) in [5.74, 6) is -0.308. The first kappa shape index (κ1) is 14.5. The highest BCUT2D eigenvalue weighted by atomic mass is 32.1. The molecule has 0 radical (unpaired) electrons. The third-order valence-corrected chi connectivity index (χ3v) is 3.82. The van der Waals surface area contributed by atoms with Crippen LogP contribution in [0.15, 0.2) is 18.2 Å². The molecule has 1 heterocycles. The lowest BCUT2D eigenvalue weighted by atomic mass is 10.1. The molecule has 1 aromatic heterocycles. The lowest BCUT2D eigenvalue weighted by Crippen LogP contribution is -2.23. The zero-order chi connectivity index (χ0) is 14.9. The van der Waals surface area contributed by atoms with Crippen LogP contribution in [0.2, 0.25) is 0 Å². The van der Waals surface area contributed by atoms with E-state index in [9.17, 15) is 4.79 Å². The Balaban J connectivity index is 2.48. The first-order valence-electron chi connectivity index (χ1n) is 6.34. The Morgan fingerprint density at radius 2 is 2.10 bits per heavy atom. The summed E-state index contributed by atoms with van der Waals surface area (Å²) in [5.41, 5.74) is 1.16. The molecule has 1 aromatic carbocycles. The molecule has 2 rings (SSSR count). The van der Waals surface area contributed by atoms with Crippen molar-refractivity contribution in [3.05, 3.63) is 28.6 Å². The standard InChI is InChI=1S/C15H18N2O2S/c1-15(2,3)19-14(18)12-7-10-11(20-12)6-5-9(8-16)13(10)17-4/h5-8,16-17H,1-4H3. The number of carbonyl (C=O) groups is 1. The number of anilines is 1. The Hall–Kier alpha value is -1.88. The number of benzene rings is 1. The molecule has 0 spiro atoms. The number of nitrogens with one attached hydrogen (secondary N) is 2. The highest BCUT2D eigenvalue weighted by Gasteiger charge is 2.20. The van der Waals surface area contributed by atoms with Crippen molar-refractivity contribution in [1.29, 1.82) is 5.41 Å². The van der Waals surface area contributed by atoms with Crippen LogP contribution in [0.3, 0.4) is 0 Å². The highest BCUT2D eigenvalue weighted by Crippen LogP contribution is 2.34. The summed E-state index contributed by atoms with van der Waals surface area (Å²) in [7, 11) is 1.81. The van der Waals surface area contributed by atoms with E-state index in [2.05, 4.69) is 5.32 Å². The Bertz CT molecular complexity index is 668. The molecule has 0 aliphatic heterocycles. The number of hydrogen-bond acceptors (Lipinski definition) is 5. The fourth-order valence-corrected chi connectivity index (χ4v) is 2.90. The van der Waals surface area contributed by atoms with Crippen LogP contribution in [0, 0.1) is 5.41 Å². The van der Waals surface area contributed by atoms with Gasteiger partial charge in [-0.2, -0.15) is 0 Å². The molecule has 0 bridgehead atoms. The number of esters is 1. The Kier molecular flexibility index (Phi) is 3.81. The third-order valence-electron chi connectivity index (χ3n) is 2.74. The quantitative estimate of drug-likeness (QED) is 0.665. The number of hydrogen-bond donors (Lipinski definition) is 2. The highest BCUT2D eigenvalue weighted by molar-refractivity contribution is 7.20. The van der Waals surface area contributed by atoms with Crippen LogP contribution in [0.4, 0.5) is 5.69 Å². The van der Waals surface area contributed by atoms with Crippen molar-refractivity contribution in [2.45, 2.75) is 26.4 Å². The molecule has 0 aliphatic rings. The van der Waals surface area contributed by atoms with E-state index >= 15 is 0 Å². The van der Waals surface area contributed by atoms with Crippen LogP contribution >= 0.6 is 11.3 Å². The average Bonchev–Trinajstić information content (AvgIpc) is 2.79. The summed E-state index contributed by atoms with van der Waals surface area (Å²) >= 11 is 1.41. The molecule has 0 atom stereocenters. The van der Waals surface area contributed by atoms with Gasteiger partial charge in [0.1, 0.15) is 10.5 Å². The number of ether oxygens (including phenoxy) is 1. The van der Waals surface area contributed by atoms with Crippen LogP contribution in [0.5, 0.6) is 0 Å². The fourth-order valence-electron chi connectivity index (χ4n) is 1.96. The van der Waals surface area contributed by atoms with Gasteiger partial charge in [0.25, 0.3) is 0 Å². The molecule has 2 aromatic rings. The summed E-state index contributed by atoms with van der Waals surface area (Å²) in [6, 6.07) is 5.62. The minimum atomic E-state index is -0.501. The SMILES string of the molecule is CNc1c(C=N)ccc2sc(C(=O)OC(C)(C)C)cc12. The van der Waals surface area contributed by atoms with Crippen molar-refractivity contribution < 1.29 is 9.53 Å². The van der Waals surface area contributed by atoms with Crippen LogP contribution in [0.25, 0.3) is 10.1 Å². The molecule has 0 saturated heterocycles. The van der Waals surface area contributed by atoms with Gasteiger partial charge in [-0.25, -0.2) is 4.79 Å². The average molecular weight is 290 g/mol. The molecule has 4 nitrogen and oxygen atoms in total. The first-order valence-corrected chi connectivity index (χ1v) is 7.15. The van der Waals surface area contributed by atoms with Gasteiger partial charge in [0.05, 0.1) is 5.69 Å². The van der Waals surface area contributed by atoms with Crippen molar-refractivity contribution in [2.75, 3.05) is 12.4 Å². The second-order valence-electron chi connectivity index (χ2n) is 5.45. The molecular weight excluding hydrogens is 272 g/mol. The van der Waals surface area contributed by atoms with E-state index in [0.29, 0.717) is 4.88 Å². The van der Waals surface area contributed by atoms with E-state index in [0.717, 1.165) is 21.3 Å². The normalized spacial score (nSPS) is 11.4. The third kappa shape index (κ3) is 2.82. The molecule has 5 heteroatoms. The largest absolute Gasteiger partial charge is 0.456 e. The summed E-state index contributed by atoms with van der Waals surface area (Å²) in [4.78, 5) is 12.7. The predicted octanol–water partition coefficient (Wildman–Crippen LogP) is 3.90. The summed E-state index contributed by atoms with van der Waals surface area (Å²) in [6.07, 6.45) is 1.30. The second kappa shape index (κ2) is 5.25. The van der Waals surface area contributed by atoms with Crippen molar-refractivity contribution in [3.8, 4) is 0 Å². The Morgan fingerprint density at radius 3 is 2.65 bits per heavy atom. The summed E-state index contributed by atoms with van der Waals surface area (Å²) in [5, 5.41) is 11.5. The van der Waals surface area contributed by atoms with Crippen LogP contribution in [0.1, 0.15) is 36.0 Å². The van der Waals surface area contributed by atoms with Crippen molar-refractivity contribution in [1.82, 2.24) is 0 Å². The van der Waals surface area contributed by atoms with Gasteiger partial charge in [-0.15, -0.1) is 11.3 Å². The van der Waals surface area contributed by atoms with Gasteiger partial charge in [-0.1, -0.05) is 0 Å². The van der Waals surface area contributed by atoms with E-state index < -0.39 is 5.60 Å². The van der Waals surface area contributed by atoms with Gasteiger partial charge in [-0.3, -0.25) is 0 Å².